The van der Waals surface area contributed by atoms with Gasteiger partial charge in [-0.25, -0.2) is 0 Å². The van der Waals surface area contributed by atoms with Crippen LogP contribution in [0, 0.1) is 0 Å². The summed E-state index contributed by atoms with van der Waals surface area (Å²) >= 11 is 9.27. The molecule has 1 amide bonds. The number of carbonyl (C=O) groups excluding carboxylic acids is 1. The summed E-state index contributed by atoms with van der Waals surface area (Å²) in [6.07, 6.45) is 3.08. The first kappa shape index (κ1) is 13.8. The summed E-state index contributed by atoms with van der Waals surface area (Å²) < 4.78 is 0.794. The largest absolute Gasteiger partial charge is 0.323 e. The van der Waals surface area contributed by atoms with Crippen LogP contribution in [-0.4, -0.2) is 18.0 Å². The maximum Gasteiger partial charge on any atom is 0.244 e. The van der Waals surface area contributed by atoms with Crippen molar-refractivity contribution in [3.05, 3.63) is 27.7 Å². The summed E-state index contributed by atoms with van der Waals surface area (Å²) in [6, 6.07) is 5.34. The Labute approximate surface area is 120 Å². The van der Waals surface area contributed by atoms with Gasteiger partial charge in [0.15, 0.2) is 0 Å². The molecule has 0 aliphatic carbocycles. The van der Waals surface area contributed by atoms with Crippen LogP contribution in [0.2, 0.25) is 5.02 Å². The number of hydrogen-bond acceptors (Lipinski definition) is 2. The van der Waals surface area contributed by atoms with E-state index in [0.717, 1.165) is 36.0 Å². The van der Waals surface area contributed by atoms with Crippen molar-refractivity contribution < 1.29 is 4.79 Å². The summed E-state index contributed by atoms with van der Waals surface area (Å²) in [6.45, 7) is 2.84. The Bertz CT molecular complexity index is 458. The van der Waals surface area contributed by atoms with Gasteiger partial charge < -0.3 is 10.6 Å². The van der Waals surface area contributed by atoms with Crippen LogP contribution < -0.4 is 10.6 Å². The predicted molar refractivity (Wildman–Crippen MR) is 78.0 cm³/mol. The molecule has 0 aromatic heterocycles. The van der Waals surface area contributed by atoms with E-state index in [1.54, 1.807) is 18.2 Å². The number of nitrogens with one attached hydrogen (secondary N) is 2. The van der Waals surface area contributed by atoms with Crippen LogP contribution in [0.15, 0.2) is 22.7 Å². The number of benzene rings is 1. The molecule has 2 rings (SSSR count). The van der Waals surface area contributed by atoms with Crippen molar-refractivity contribution in [1.82, 2.24) is 5.32 Å². The minimum absolute atomic E-state index is 0.00484. The molecule has 98 valence electrons. The molecule has 0 saturated carbocycles. The summed E-state index contributed by atoms with van der Waals surface area (Å²) in [4.78, 5) is 12.3. The summed E-state index contributed by atoms with van der Waals surface area (Å²) in [5.74, 6) is 0.00484. The minimum Gasteiger partial charge on any atom is -0.323 e. The Hall–Kier alpha value is -0.580. The van der Waals surface area contributed by atoms with Crippen molar-refractivity contribution >= 4 is 39.1 Å². The highest BCUT2D eigenvalue weighted by Crippen LogP contribution is 2.28. The number of anilines is 1. The molecule has 1 atom stereocenters. The number of piperidine rings is 1. The Morgan fingerprint density at radius 2 is 2.28 bits per heavy atom. The van der Waals surface area contributed by atoms with Crippen LogP contribution in [0.4, 0.5) is 5.69 Å². The maximum atomic E-state index is 12.3. The fraction of sp³-hybridized carbons (Fsp3) is 0.462. The van der Waals surface area contributed by atoms with Crippen molar-refractivity contribution in [1.29, 1.82) is 0 Å². The highest BCUT2D eigenvalue weighted by molar-refractivity contribution is 9.10. The van der Waals surface area contributed by atoms with Gasteiger partial charge in [-0.3, -0.25) is 4.79 Å². The molecular formula is C13H16BrClN2O. The van der Waals surface area contributed by atoms with Gasteiger partial charge in [0.05, 0.1) is 11.2 Å². The molecule has 1 fully saturated rings. The Morgan fingerprint density at radius 3 is 2.89 bits per heavy atom. The van der Waals surface area contributed by atoms with Crippen LogP contribution >= 0.6 is 27.5 Å². The standard InChI is InChI=1S/C13H16BrClN2O/c1-13(6-2-3-7-16-13)12(18)17-11-5-4-9(15)8-10(11)14/h4-5,8,16H,2-3,6-7H2,1H3,(H,17,18). The first-order valence-electron chi connectivity index (χ1n) is 6.03. The maximum absolute atomic E-state index is 12.3. The second kappa shape index (κ2) is 5.59. The lowest BCUT2D eigenvalue weighted by molar-refractivity contribution is -0.122. The predicted octanol–water partition coefficient (Wildman–Crippen LogP) is 3.57. The van der Waals surface area contributed by atoms with Crippen molar-refractivity contribution in [3.63, 3.8) is 0 Å². The van der Waals surface area contributed by atoms with Gasteiger partial charge in [-0.1, -0.05) is 11.6 Å². The molecule has 1 aliphatic rings. The number of hydrogen-bond donors (Lipinski definition) is 2. The van der Waals surface area contributed by atoms with Gasteiger partial charge in [0, 0.05) is 9.50 Å². The fourth-order valence-electron chi connectivity index (χ4n) is 2.10. The molecule has 1 heterocycles. The molecule has 1 aliphatic heterocycles. The number of rotatable bonds is 2. The lowest BCUT2D eigenvalue weighted by Crippen LogP contribution is -2.54. The molecule has 18 heavy (non-hydrogen) atoms. The van der Waals surface area contributed by atoms with Gasteiger partial charge in [0.1, 0.15) is 0 Å². The van der Waals surface area contributed by atoms with E-state index in [1.165, 1.54) is 0 Å². The van der Waals surface area contributed by atoms with Crippen LogP contribution in [-0.2, 0) is 4.79 Å². The smallest absolute Gasteiger partial charge is 0.244 e. The fourth-order valence-corrected chi connectivity index (χ4v) is 2.88. The normalized spacial score (nSPS) is 23.7. The SMILES string of the molecule is CC1(C(=O)Nc2ccc(Cl)cc2Br)CCCCN1. The van der Waals surface area contributed by atoms with E-state index in [4.69, 9.17) is 11.6 Å². The molecule has 1 aromatic rings. The van der Waals surface area contributed by atoms with Crippen molar-refractivity contribution in [3.8, 4) is 0 Å². The van der Waals surface area contributed by atoms with Gasteiger partial charge in [0.2, 0.25) is 5.91 Å². The van der Waals surface area contributed by atoms with Crippen molar-refractivity contribution in [2.24, 2.45) is 0 Å². The molecular weight excluding hydrogens is 316 g/mol. The first-order chi connectivity index (χ1) is 8.51. The second-order valence-electron chi connectivity index (χ2n) is 4.79. The zero-order valence-corrected chi connectivity index (χ0v) is 12.6. The molecule has 0 bridgehead atoms. The van der Waals surface area contributed by atoms with Crippen LogP contribution in [0.1, 0.15) is 26.2 Å². The van der Waals surface area contributed by atoms with Crippen LogP contribution in [0.3, 0.4) is 0 Å². The highest BCUT2D eigenvalue weighted by atomic mass is 79.9. The number of halogens is 2. The minimum atomic E-state index is -0.475. The molecule has 1 aromatic carbocycles. The van der Waals surface area contributed by atoms with E-state index in [2.05, 4.69) is 26.6 Å². The van der Waals surface area contributed by atoms with Gasteiger partial charge in [-0.2, -0.15) is 0 Å². The van der Waals surface area contributed by atoms with E-state index in [1.807, 2.05) is 6.92 Å². The highest BCUT2D eigenvalue weighted by Gasteiger charge is 2.34. The molecule has 5 heteroatoms. The third-order valence-electron chi connectivity index (χ3n) is 3.30. The van der Waals surface area contributed by atoms with Gasteiger partial charge in [0.25, 0.3) is 0 Å². The lowest BCUT2D eigenvalue weighted by atomic mass is 9.90. The Kier molecular flexibility index (Phi) is 4.30. The molecule has 2 N–H and O–H groups in total. The lowest BCUT2D eigenvalue weighted by Gasteiger charge is -2.33. The Morgan fingerprint density at radius 1 is 1.50 bits per heavy atom. The van der Waals surface area contributed by atoms with E-state index >= 15 is 0 Å². The summed E-state index contributed by atoms with van der Waals surface area (Å²) in [5.41, 5.74) is 0.273. The van der Waals surface area contributed by atoms with E-state index in [0.29, 0.717) is 5.02 Å². The van der Waals surface area contributed by atoms with Gasteiger partial charge >= 0.3 is 0 Å². The molecule has 3 nitrogen and oxygen atoms in total. The van der Waals surface area contributed by atoms with Crippen LogP contribution in [0.5, 0.6) is 0 Å². The molecule has 1 unspecified atom stereocenters. The van der Waals surface area contributed by atoms with Crippen molar-refractivity contribution in [2.45, 2.75) is 31.7 Å². The Balaban J connectivity index is 2.11. The van der Waals surface area contributed by atoms with E-state index in [9.17, 15) is 4.79 Å². The molecule has 0 spiro atoms. The zero-order valence-electron chi connectivity index (χ0n) is 10.2. The third kappa shape index (κ3) is 3.05. The van der Waals surface area contributed by atoms with Crippen LogP contribution in [0.25, 0.3) is 0 Å². The zero-order chi connectivity index (χ0) is 13.2. The third-order valence-corrected chi connectivity index (χ3v) is 4.19. The van der Waals surface area contributed by atoms with E-state index < -0.39 is 5.54 Å². The molecule has 1 saturated heterocycles. The number of amides is 1. The average molecular weight is 332 g/mol. The number of carbonyl (C=O) groups is 1. The summed E-state index contributed by atoms with van der Waals surface area (Å²) in [7, 11) is 0. The van der Waals surface area contributed by atoms with Gasteiger partial charge in [-0.05, 0) is 66.9 Å². The quantitative estimate of drug-likeness (QED) is 0.870. The topological polar surface area (TPSA) is 41.1 Å². The van der Waals surface area contributed by atoms with E-state index in [-0.39, 0.29) is 5.91 Å². The van der Waals surface area contributed by atoms with Gasteiger partial charge in [-0.15, -0.1) is 0 Å². The monoisotopic (exact) mass is 330 g/mol. The average Bonchev–Trinajstić information content (AvgIpc) is 2.33. The summed E-state index contributed by atoms with van der Waals surface area (Å²) in [5, 5.41) is 6.87. The first-order valence-corrected chi connectivity index (χ1v) is 7.20. The van der Waals surface area contributed by atoms with Crippen molar-refractivity contribution in [2.75, 3.05) is 11.9 Å². The second-order valence-corrected chi connectivity index (χ2v) is 6.09. The molecule has 0 radical (unpaired) electrons.